The Labute approximate surface area is 106 Å². The predicted molar refractivity (Wildman–Crippen MR) is 64.6 cm³/mol. The molecule has 8 nitrogen and oxygen atoms in total. The number of methoxy groups -OCH3 is 1. The number of hydrogen-bond acceptors (Lipinski definition) is 6. The van der Waals surface area contributed by atoms with Gasteiger partial charge in [0.15, 0.2) is 11.5 Å². The van der Waals surface area contributed by atoms with Gasteiger partial charge < -0.3 is 14.5 Å². The topological polar surface area (TPSA) is 107 Å². The molecule has 98 valence electrons. The average Bonchev–Trinajstić information content (AvgIpc) is 2.39. The second-order valence-electron chi connectivity index (χ2n) is 3.40. The average molecular weight is 263 g/mol. The highest BCUT2D eigenvalue weighted by molar-refractivity contribution is 5.45. The van der Waals surface area contributed by atoms with E-state index in [2.05, 4.69) is 9.97 Å². The minimum atomic E-state index is -0.884. The van der Waals surface area contributed by atoms with Crippen LogP contribution < -0.4 is 15.0 Å². The highest BCUT2D eigenvalue weighted by Crippen LogP contribution is 2.32. The zero-order valence-electron chi connectivity index (χ0n) is 9.82. The van der Waals surface area contributed by atoms with E-state index in [0.29, 0.717) is 5.75 Å². The molecule has 8 heteroatoms. The van der Waals surface area contributed by atoms with Gasteiger partial charge in [0.25, 0.3) is 0 Å². The molecule has 0 saturated carbocycles. The summed E-state index contributed by atoms with van der Waals surface area (Å²) in [6.45, 7) is 0. The number of aromatic amines is 1. The Kier molecular flexibility index (Phi) is 3.42. The molecule has 0 unspecified atom stereocenters. The third-order valence-electron chi connectivity index (χ3n) is 2.25. The molecule has 2 aromatic rings. The lowest BCUT2D eigenvalue weighted by Gasteiger charge is -2.08. The van der Waals surface area contributed by atoms with Gasteiger partial charge >= 0.3 is 17.1 Å². The number of nitro groups is 1. The van der Waals surface area contributed by atoms with Crippen molar-refractivity contribution in [2.45, 2.75) is 0 Å². The van der Waals surface area contributed by atoms with Crippen LogP contribution >= 0.6 is 0 Å². The lowest BCUT2D eigenvalue weighted by atomic mass is 10.3. The Bertz CT molecular complexity index is 667. The number of nitrogens with one attached hydrogen (secondary N) is 1. The fraction of sp³-hybridized carbons (Fsp3) is 0.0909. The SMILES string of the molecule is COc1ccccc1Oc1nc[nH]c(=O)c1[N+](=O)[O-]. The second-order valence-corrected chi connectivity index (χ2v) is 3.40. The summed E-state index contributed by atoms with van der Waals surface area (Å²) < 4.78 is 10.3. The number of benzene rings is 1. The molecule has 0 saturated heterocycles. The Hall–Kier alpha value is -2.90. The molecule has 0 radical (unpaired) electrons. The van der Waals surface area contributed by atoms with Crippen LogP contribution in [0.25, 0.3) is 0 Å². The maximum atomic E-state index is 11.4. The molecule has 0 bridgehead atoms. The monoisotopic (exact) mass is 263 g/mol. The van der Waals surface area contributed by atoms with Crippen molar-refractivity contribution in [3.63, 3.8) is 0 Å². The van der Waals surface area contributed by atoms with Crippen LogP contribution in [0.2, 0.25) is 0 Å². The first-order valence-electron chi connectivity index (χ1n) is 5.16. The molecule has 1 heterocycles. The molecule has 0 aliphatic rings. The largest absolute Gasteiger partial charge is 0.493 e. The van der Waals surface area contributed by atoms with E-state index in [1.807, 2.05) is 0 Å². The quantitative estimate of drug-likeness (QED) is 0.661. The van der Waals surface area contributed by atoms with Gasteiger partial charge in [-0.3, -0.25) is 14.9 Å². The molecule has 0 spiro atoms. The fourth-order valence-electron chi connectivity index (χ4n) is 1.42. The van der Waals surface area contributed by atoms with Crippen molar-refractivity contribution in [1.82, 2.24) is 9.97 Å². The number of hydrogen-bond donors (Lipinski definition) is 1. The first-order chi connectivity index (χ1) is 9.13. The number of aromatic nitrogens is 2. The minimum absolute atomic E-state index is 0.228. The van der Waals surface area contributed by atoms with Crippen molar-refractivity contribution in [1.29, 1.82) is 0 Å². The maximum Gasteiger partial charge on any atom is 0.395 e. The van der Waals surface area contributed by atoms with E-state index in [0.717, 1.165) is 6.33 Å². The van der Waals surface area contributed by atoms with Gasteiger partial charge in [-0.05, 0) is 12.1 Å². The molecule has 0 aliphatic heterocycles. The van der Waals surface area contributed by atoms with Crippen LogP contribution in [-0.4, -0.2) is 22.0 Å². The van der Waals surface area contributed by atoms with Gasteiger partial charge in [-0.2, -0.15) is 4.98 Å². The van der Waals surface area contributed by atoms with E-state index in [1.54, 1.807) is 24.3 Å². The summed E-state index contributed by atoms with van der Waals surface area (Å²) in [5.41, 5.74) is -1.64. The third-order valence-corrected chi connectivity index (χ3v) is 2.25. The molecule has 0 amide bonds. The van der Waals surface area contributed by atoms with Crippen molar-refractivity contribution in [3.05, 3.63) is 51.1 Å². The van der Waals surface area contributed by atoms with E-state index in [-0.39, 0.29) is 5.75 Å². The van der Waals surface area contributed by atoms with Gasteiger partial charge in [-0.25, -0.2) is 0 Å². The fourth-order valence-corrected chi connectivity index (χ4v) is 1.42. The summed E-state index contributed by atoms with van der Waals surface area (Å²) in [4.78, 5) is 27.1. The van der Waals surface area contributed by atoms with E-state index >= 15 is 0 Å². The smallest absolute Gasteiger partial charge is 0.395 e. The van der Waals surface area contributed by atoms with Crippen molar-refractivity contribution in [3.8, 4) is 17.4 Å². The van der Waals surface area contributed by atoms with Crippen molar-refractivity contribution in [2.24, 2.45) is 0 Å². The molecule has 19 heavy (non-hydrogen) atoms. The molecule has 1 aromatic heterocycles. The van der Waals surface area contributed by atoms with Crippen LogP contribution in [0.1, 0.15) is 0 Å². The van der Waals surface area contributed by atoms with Crippen LogP contribution in [-0.2, 0) is 0 Å². The highest BCUT2D eigenvalue weighted by atomic mass is 16.6. The lowest BCUT2D eigenvalue weighted by Crippen LogP contribution is -2.13. The summed E-state index contributed by atoms with van der Waals surface area (Å²) in [6.07, 6.45) is 1.03. The van der Waals surface area contributed by atoms with Crippen LogP contribution in [0.5, 0.6) is 17.4 Å². The summed E-state index contributed by atoms with van der Waals surface area (Å²) in [5, 5.41) is 10.8. The number of para-hydroxylation sites is 2. The molecule has 2 rings (SSSR count). The van der Waals surface area contributed by atoms with Crippen LogP contribution in [0.15, 0.2) is 35.4 Å². The normalized spacial score (nSPS) is 9.95. The van der Waals surface area contributed by atoms with Gasteiger partial charge in [-0.15, -0.1) is 0 Å². The highest BCUT2D eigenvalue weighted by Gasteiger charge is 2.23. The van der Waals surface area contributed by atoms with Crippen LogP contribution in [0, 0.1) is 10.1 Å². The Balaban J connectivity index is 2.47. The van der Waals surface area contributed by atoms with Crippen molar-refractivity contribution in [2.75, 3.05) is 7.11 Å². The Morgan fingerprint density at radius 3 is 2.63 bits per heavy atom. The standard InChI is InChI=1S/C11H9N3O5/c1-18-7-4-2-3-5-8(7)19-11-9(14(16)17)10(15)12-6-13-11/h2-6H,1H3,(H,12,13,15). The maximum absolute atomic E-state index is 11.4. The zero-order valence-corrected chi connectivity index (χ0v) is 9.82. The first kappa shape index (κ1) is 12.6. The first-order valence-corrected chi connectivity index (χ1v) is 5.16. The summed E-state index contributed by atoms with van der Waals surface area (Å²) in [5.74, 6) is 0.211. The minimum Gasteiger partial charge on any atom is -0.493 e. The predicted octanol–water partition coefficient (Wildman–Crippen LogP) is 1.48. The molecule has 0 atom stereocenters. The van der Waals surface area contributed by atoms with Crippen LogP contribution in [0.4, 0.5) is 5.69 Å². The summed E-state index contributed by atoms with van der Waals surface area (Å²) in [7, 11) is 1.43. The van der Waals surface area contributed by atoms with Gasteiger partial charge in [0.2, 0.25) is 0 Å². The van der Waals surface area contributed by atoms with Gasteiger partial charge in [0, 0.05) is 0 Å². The Morgan fingerprint density at radius 2 is 2.00 bits per heavy atom. The van der Waals surface area contributed by atoms with Gasteiger partial charge in [0.05, 0.1) is 18.4 Å². The summed E-state index contributed by atoms with van der Waals surface area (Å²) in [6, 6.07) is 6.54. The number of nitrogens with zero attached hydrogens (tertiary/aromatic N) is 2. The number of rotatable bonds is 4. The van der Waals surface area contributed by atoms with E-state index in [9.17, 15) is 14.9 Å². The lowest BCUT2D eigenvalue weighted by molar-refractivity contribution is -0.387. The molecular formula is C11H9N3O5. The Morgan fingerprint density at radius 1 is 1.32 bits per heavy atom. The molecule has 0 fully saturated rings. The third kappa shape index (κ3) is 2.51. The second kappa shape index (κ2) is 5.17. The van der Waals surface area contributed by atoms with Gasteiger partial charge in [0.1, 0.15) is 0 Å². The van der Waals surface area contributed by atoms with Gasteiger partial charge in [-0.1, -0.05) is 12.1 Å². The van der Waals surface area contributed by atoms with E-state index in [4.69, 9.17) is 9.47 Å². The number of ether oxygens (including phenoxy) is 2. The van der Waals surface area contributed by atoms with E-state index < -0.39 is 22.0 Å². The number of H-pyrrole nitrogens is 1. The van der Waals surface area contributed by atoms with Crippen LogP contribution in [0.3, 0.4) is 0 Å². The summed E-state index contributed by atoms with van der Waals surface area (Å²) >= 11 is 0. The van der Waals surface area contributed by atoms with Crippen molar-refractivity contribution < 1.29 is 14.4 Å². The molecular weight excluding hydrogens is 254 g/mol. The van der Waals surface area contributed by atoms with Crippen molar-refractivity contribution >= 4 is 5.69 Å². The molecule has 1 N–H and O–H groups in total. The molecule has 0 aliphatic carbocycles. The zero-order chi connectivity index (χ0) is 13.8. The molecule has 1 aromatic carbocycles. The van der Waals surface area contributed by atoms with E-state index in [1.165, 1.54) is 7.11 Å².